The van der Waals surface area contributed by atoms with Crippen LogP contribution in [0.15, 0.2) is 48.7 Å². The summed E-state index contributed by atoms with van der Waals surface area (Å²) in [4.78, 5) is 34.3. The van der Waals surface area contributed by atoms with E-state index < -0.39 is 6.09 Å². The average molecular weight is 522 g/mol. The lowest BCUT2D eigenvalue weighted by molar-refractivity contribution is 0.149. The van der Waals surface area contributed by atoms with Crippen LogP contribution in [0.2, 0.25) is 5.02 Å². The molecule has 2 aromatic carbocycles. The highest BCUT2D eigenvalue weighted by Crippen LogP contribution is 2.33. The number of para-hydroxylation sites is 1. The van der Waals surface area contributed by atoms with Crippen LogP contribution in [0.1, 0.15) is 0 Å². The fraction of sp³-hybridized carbons (Fsp3) is 0.240. The second kappa shape index (κ2) is 10.3. The minimum Gasteiger partial charge on any atom is -0.493 e. The van der Waals surface area contributed by atoms with Crippen LogP contribution >= 0.6 is 11.6 Å². The molecule has 5 rings (SSSR count). The maximum atomic E-state index is 12.7. The maximum Gasteiger partial charge on any atom is 0.415 e. The first-order chi connectivity index (χ1) is 18.0. The van der Waals surface area contributed by atoms with Crippen LogP contribution in [0, 0.1) is 0 Å². The normalized spacial score (nSPS) is 13.5. The van der Waals surface area contributed by atoms with Gasteiger partial charge >= 0.3 is 6.09 Å². The summed E-state index contributed by atoms with van der Waals surface area (Å²) < 4.78 is 16.2. The summed E-state index contributed by atoms with van der Waals surface area (Å²) in [6.45, 7) is 1.81. The Labute approximate surface area is 217 Å². The van der Waals surface area contributed by atoms with E-state index in [4.69, 9.17) is 36.5 Å². The summed E-state index contributed by atoms with van der Waals surface area (Å²) in [5.74, 6) is 2.16. The van der Waals surface area contributed by atoms with Crippen molar-refractivity contribution in [3.05, 3.63) is 53.7 Å². The summed E-state index contributed by atoms with van der Waals surface area (Å²) in [5, 5.41) is 0.376. The van der Waals surface area contributed by atoms with Crippen LogP contribution in [0.5, 0.6) is 17.2 Å². The molecule has 2 aromatic heterocycles. The van der Waals surface area contributed by atoms with Gasteiger partial charge in [-0.1, -0.05) is 23.7 Å². The molecule has 4 aromatic rings. The van der Waals surface area contributed by atoms with E-state index in [9.17, 15) is 4.79 Å². The number of carbonyl (C=O) groups excluding carboxylic acids is 1. The first-order valence-electron chi connectivity index (χ1n) is 11.5. The molecule has 0 bridgehead atoms. The van der Waals surface area contributed by atoms with Gasteiger partial charge in [0.2, 0.25) is 5.95 Å². The van der Waals surface area contributed by atoms with Gasteiger partial charge < -0.3 is 29.7 Å². The summed E-state index contributed by atoms with van der Waals surface area (Å²) in [6.07, 6.45) is 1.16. The topological polar surface area (TPSA) is 129 Å². The molecular weight excluding hydrogens is 498 g/mol. The molecule has 1 fully saturated rings. The first-order valence-corrected chi connectivity index (χ1v) is 11.8. The highest BCUT2D eigenvalue weighted by molar-refractivity contribution is 6.32. The molecule has 1 amide bonds. The number of hydrogen-bond donors (Lipinski definition) is 1. The quantitative estimate of drug-likeness (QED) is 0.415. The predicted molar refractivity (Wildman–Crippen MR) is 139 cm³/mol. The monoisotopic (exact) mass is 521 g/mol. The number of carbonyl (C=O) groups is 1. The van der Waals surface area contributed by atoms with Crippen LogP contribution in [0.3, 0.4) is 0 Å². The third kappa shape index (κ3) is 4.98. The van der Waals surface area contributed by atoms with Gasteiger partial charge in [-0.15, -0.1) is 0 Å². The zero-order valence-corrected chi connectivity index (χ0v) is 21.0. The molecule has 1 aliphatic rings. The first kappa shape index (κ1) is 24.3. The number of nitrogens with two attached hydrogens (primary N) is 1. The van der Waals surface area contributed by atoms with Crippen LogP contribution < -0.4 is 24.8 Å². The van der Waals surface area contributed by atoms with E-state index in [1.807, 2.05) is 17.0 Å². The molecule has 0 spiro atoms. The zero-order valence-electron chi connectivity index (χ0n) is 20.2. The third-order valence-electron chi connectivity index (χ3n) is 5.96. The average Bonchev–Trinajstić information content (AvgIpc) is 2.93. The lowest BCUT2D eigenvalue weighted by Crippen LogP contribution is -2.50. The van der Waals surface area contributed by atoms with E-state index >= 15 is 0 Å². The minimum absolute atomic E-state index is 0.0937. The van der Waals surface area contributed by atoms with E-state index in [1.54, 1.807) is 55.6 Å². The summed E-state index contributed by atoms with van der Waals surface area (Å²) in [7, 11) is 3.16. The third-order valence-corrected chi connectivity index (χ3v) is 6.27. The Kier molecular flexibility index (Phi) is 6.78. The summed E-state index contributed by atoms with van der Waals surface area (Å²) in [6, 6.07) is 12.4. The Bertz CT molecular complexity index is 1460. The number of nitrogen functional groups attached to an aromatic ring is 1. The Balaban J connectivity index is 1.39. The van der Waals surface area contributed by atoms with Crippen molar-refractivity contribution in [2.45, 2.75) is 0 Å². The van der Waals surface area contributed by atoms with Crippen molar-refractivity contribution in [2.24, 2.45) is 0 Å². The number of piperazine rings is 1. The predicted octanol–water partition coefficient (Wildman–Crippen LogP) is 3.66. The second-order valence-electron chi connectivity index (χ2n) is 8.18. The van der Waals surface area contributed by atoms with E-state index in [0.717, 1.165) is 5.56 Å². The standard InChI is InChI=1S/C25H24ClN7O4/c1-35-19-8-7-15(13-20(19)36-2)17-14-28-22-21(29-17)23(31-24(27)30-22)32-9-11-33(12-10-32)25(34)37-18-6-4-3-5-16(18)26/h3-8,13-14H,9-12H2,1-2H3,(H2,27,28,30,31). The molecule has 1 saturated heterocycles. The van der Waals surface area contributed by atoms with Crippen LogP contribution in [-0.2, 0) is 0 Å². The molecule has 190 valence electrons. The van der Waals surface area contributed by atoms with Crippen molar-refractivity contribution in [3.63, 3.8) is 0 Å². The lowest BCUT2D eigenvalue weighted by Gasteiger charge is -2.34. The summed E-state index contributed by atoms with van der Waals surface area (Å²) >= 11 is 6.11. The number of halogens is 1. The number of hydrogen-bond acceptors (Lipinski definition) is 10. The Morgan fingerprint density at radius 1 is 0.946 bits per heavy atom. The molecular formula is C25H24ClN7O4. The lowest BCUT2D eigenvalue weighted by atomic mass is 10.1. The van der Waals surface area contributed by atoms with Gasteiger partial charge in [0.05, 0.1) is 31.1 Å². The molecule has 0 atom stereocenters. The van der Waals surface area contributed by atoms with Crippen molar-refractivity contribution >= 4 is 40.6 Å². The van der Waals surface area contributed by atoms with E-state index in [2.05, 4.69) is 15.0 Å². The maximum absolute atomic E-state index is 12.7. The van der Waals surface area contributed by atoms with Crippen LogP contribution in [0.25, 0.3) is 22.4 Å². The molecule has 3 heterocycles. The number of nitrogens with zero attached hydrogens (tertiary/aromatic N) is 6. The Hall–Kier alpha value is -4.38. The molecule has 2 N–H and O–H groups in total. The molecule has 11 nitrogen and oxygen atoms in total. The van der Waals surface area contributed by atoms with Crippen molar-refractivity contribution in [1.29, 1.82) is 0 Å². The van der Waals surface area contributed by atoms with Gasteiger partial charge in [0, 0.05) is 31.7 Å². The van der Waals surface area contributed by atoms with Gasteiger partial charge in [0.15, 0.2) is 34.2 Å². The Morgan fingerprint density at radius 3 is 2.43 bits per heavy atom. The van der Waals surface area contributed by atoms with Gasteiger partial charge in [-0.25, -0.2) is 14.8 Å². The molecule has 0 aliphatic carbocycles. The largest absolute Gasteiger partial charge is 0.493 e. The number of benzene rings is 2. The molecule has 0 saturated carbocycles. The molecule has 12 heteroatoms. The number of methoxy groups -OCH3 is 2. The van der Waals surface area contributed by atoms with E-state index in [1.165, 1.54) is 0 Å². The van der Waals surface area contributed by atoms with Crippen LogP contribution in [0.4, 0.5) is 16.6 Å². The second-order valence-corrected chi connectivity index (χ2v) is 8.58. The van der Waals surface area contributed by atoms with Gasteiger partial charge in [-0.05, 0) is 30.3 Å². The van der Waals surface area contributed by atoms with Gasteiger partial charge in [0.1, 0.15) is 0 Å². The van der Waals surface area contributed by atoms with Gasteiger partial charge in [-0.2, -0.15) is 9.97 Å². The fourth-order valence-electron chi connectivity index (χ4n) is 4.05. The molecule has 37 heavy (non-hydrogen) atoms. The zero-order chi connectivity index (χ0) is 25.9. The van der Waals surface area contributed by atoms with Crippen LogP contribution in [-0.4, -0.2) is 71.3 Å². The number of anilines is 2. The fourth-order valence-corrected chi connectivity index (χ4v) is 4.23. The van der Waals surface area contributed by atoms with Crippen molar-refractivity contribution in [3.8, 4) is 28.5 Å². The minimum atomic E-state index is -0.463. The smallest absolute Gasteiger partial charge is 0.415 e. The highest BCUT2D eigenvalue weighted by Gasteiger charge is 2.26. The summed E-state index contributed by atoms with van der Waals surface area (Å²) in [5.41, 5.74) is 8.28. The molecule has 0 unspecified atom stereocenters. The molecule has 1 aliphatic heterocycles. The van der Waals surface area contributed by atoms with Gasteiger partial charge in [-0.3, -0.25) is 0 Å². The van der Waals surface area contributed by atoms with E-state index in [-0.39, 0.29) is 5.95 Å². The number of aromatic nitrogens is 4. The van der Waals surface area contributed by atoms with Crippen molar-refractivity contribution in [1.82, 2.24) is 24.8 Å². The molecule has 0 radical (unpaired) electrons. The number of rotatable bonds is 5. The SMILES string of the molecule is COc1ccc(-c2cnc3nc(N)nc(N4CCN(C(=O)Oc5ccccc5Cl)CC4)c3n2)cc1OC. The van der Waals surface area contributed by atoms with Crippen molar-refractivity contribution < 1.29 is 19.0 Å². The Morgan fingerprint density at radius 2 is 1.70 bits per heavy atom. The number of ether oxygens (including phenoxy) is 3. The van der Waals surface area contributed by atoms with Gasteiger partial charge in [0.25, 0.3) is 0 Å². The number of fused-ring (bicyclic) bond motifs is 1. The highest BCUT2D eigenvalue weighted by atomic mass is 35.5. The number of amides is 1. The van der Waals surface area contributed by atoms with E-state index in [0.29, 0.717) is 71.1 Å². The van der Waals surface area contributed by atoms with Crippen molar-refractivity contribution in [2.75, 3.05) is 51.0 Å².